The lowest BCUT2D eigenvalue weighted by atomic mass is 9.90. The number of aryl methyl sites for hydroxylation is 3. The molecule has 1 fully saturated rings. The van der Waals surface area contributed by atoms with Crippen LogP contribution in [0.15, 0.2) is 64.3 Å². The Morgan fingerprint density at radius 2 is 1.89 bits per heavy atom. The fourth-order valence-electron chi connectivity index (χ4n) is 7.23. The average molecular weight is 724 g/mol. The maximum absolute atomic E-state index is 12.9. The molecule has 0 radical (unpaired) electrons. The third-order valence-corrected chi connectivity index (χ3v) is 10.1. The van der Waals surface area contributed by atoms with Crippen molar-refractivity contribution in [3.8, 4) is 23.2 Å². The first kappa shape index (κ1) is 34.5. The number of aromatic nitrogens is 6. The second-order valence-electron chi connectivity index (χ2n) is 13.9. The minimum Gasteiger partial charge on any atom is -0.464 e. The number of imide groups is 1. The van der Waals surface area contributed by atoms with Crippen molar-refractivity contribution in [1.29, 1.82) is 0 Å². The number of hydrogen-bond donors (Lipinski definition) is 2. The largest absolute Gasteiger partial charge is 0.464 e. The lowest BCUT2D eigenvalue weighted by Gasteiger charge is -2.30. The van der Waals surface area contributed by atoms with Crippen molar-refractivity contribution in [3.63, 3.8) is 0 Å². The van der Waals surface area contributed by atoms with Crippen LogP contribution in [0.1, 0.15) is 77.9 Å². The van der Waals surface area contributed by atoms with E-state index in [1.54, 1.807) is 60.1 Å². The van der Waals surface area contributed by atoms with E-state index in [0.717, 1.165) is 64.3 Å². The second-order valence-corrected chi connectivity index (χ2v) is 13.9. The molecule has 14 nitrogen and oxygen atoms in total. The van der Waals surface area contributed by atoms with Gasteiger partial charge in [0.2, 0.25) is 11.8 Å². The van der Waals surface area contributed by atoms with Crippen LogP contribution >= 0.6 is 0 Å². The number of amides is 3. The number of pyridine rings is 2. The number of furan rings is 1. The van der Waals surface area contributed by atoms with Crippen molar-refractivity contribution in [2.75, 3.05) is 18.0 Å². The van der Waals surface area contributed by atoms with Crippen molar-refractivity contribution < 1.29 is 18.8 Å². The molecule has 1 atom stereocenters. The van der Waals surface area contributed by atoms with Gasteiger partial charge >= 0.3 is 5.69 Å². The van der Waals surface area contributed by atoms with Crippen molar-refractivity contribution in [1.82, 2.24) is 39.7 Å². The lowest BCUT2D eigenvalue weighted by molar-refractivity contribution is -0.134. The molecule has 5 aromatic heterocycles. The number of carbonyl (C=O) groups excluding carboxylic acids is 3. The Balaban J connectivity index is 0.946. The van der Waals surface area contributed by atoms with Gasteiger partial charge in [-0.05, 0) is 55.5 Å². The van der Waals surface area contributed by atoms with Crippen LogP contribution in [0.5, 0.6) is 0 Å². The summed E-state index contributed by atoms with van der Waals surface area (Å²) in [5, 5.41) is 5.94. The first-order valence-corrected chi connectivity index (χ1v) is 17.9. The van der Waals surface area contributed by atoms with Gasteiger partial charge in [0.1, 0.15) is 17.1 Å². The van der Waals surface area contributed by atoms with E-state index in [1.165, 1.54) is 0 Å². The highest BCUT2D eigenvalue weighted by Crippen LogP contribution is 2.36. The zero-order chi connectivity index (χ0) is 37.7. The van der Waals surface area contributed by atoms with Gasteiger partial charge in [-0.2, -0.15) is 0 Å². The third-order valence-electron chi connectivity index (χ3n) is 10.1. The quantitative estimate of drug-likeness (QED) is 0.186. The number of nitrogens with zero attached hydrogens (tertiary/aromatic N) is 7. The highest BCUT2D eigenvalue weighted by Gasteiger charge is 2.30. The van der Waals surface area contributed by atoms with E-state index in [4.69, 9.17) is 14.4 Å². The molecule has 54 heavy (non-hydrogen) atoms. The van der Waals surface area contributed by atoms with Crippen LogP contribution in [-0.4, -0.2) is 59.9 Å². The van der Waals surface area contributed by atoms with Gasteiger partial charge in [-0.1, -0.05) is 25.7 Å². The number of hydrogen-bond acceptors (Lipinski definition) is 10. The third kappa shape index (κ3) is 6.17. The Hall–Kier alpha value is -6.62. The number of benzene rings is 1. The van der Waals surface area contributed by atoms with Gasteiger partial charge in [0.25, 0.3) is 5.91 Å². The summed E-state index contributed by atoms with van der Waals surface area (Å²) in [6, 6.07) is 10.8. The maximum Gasteiger partial charge on any atom is 0.328 e. The molecule has 0 aliphatic carbocycles. The Kier molecular flexibility index (Phi) is 8.77. The first-order chi connectivity index (χ1) is 26.1. The Bertz CT molecular complexity index is 2620. The minimum atomic E-state index is -0.467. The molecule has 8 rings (SSSR count). The first-order valence-electron chi connectivity index (χ1n) is 17.9. The van der Waals surface area contributed by atoms with Crippen LogP contribution in [0.25, 0.3) is 33.4 Å². The molecule has 0 saturated carbocycles. The average Bonchev–Trinajstić information content (AvgIpc) is 3.69. The van der Waals surface area contributed by atoms with Crippen LogP contribution in [0.3, 0.4) is 0 Å². The van der Waals surface area contributed by atoms with Crippen molar-refractivity contribution in [2.24, 2.45) is 14.1 Å². The van der Waals surface area contributed by atoms with E-state index in [9.17, 15) is 19.2 Å². The summed E-state index contributed by atoms with van der Waals surface area (Å²) in [6.07, 6.45) is 7.30. The van der Waals surface area contributed by atoms with Crippen LogP contribution in [0.2, 0.25) is 0 Å². The van der Waals surface area contributed by atoms with Gasteiger partial charge in [-0.15, -0.1) is 0 Å². The molecule has 272 valence electrons. The van der Waals surface area contributed by atoms with Gasteiger partial charge in [-0.25, -0.2) is 19.7 Å². The van der Waals surface area contributed by atoms with Gasteiger partial charge in [0, 0.05) is 61.4 Å². The van der Waals surface area contributed by atoms with Gasteiger partial charge < -0.3 is 14.6 Å². The van der Waals surface area contributed by atoms with Gasteiger partial charge in [0.15, 0.2) is 5.82 Å². The van der Waals surface area contributed by atoms with E-state index >= 15 is 0 Å². The Morgan fingerprint density at radius 1 is 1.04 bits per heavy atom. The van der Waals surface area contributed by atoms with Crippen LogP contribution in [0, 0.1) is 11.8 Å². The normalized spacial score (nSPS) is 15.6. The highest BCUT2D eigenvalue weighted by atomic mass is 16.3. The van der Waals surface area contributed by atoms with Crippen molar-refractivity contribution in [3.05, 3.63) is 93.7 Å². The SMILES string of the molecule is CC(C)c1nc(N2CCCc3nc(-c4ccc(C(=O)NCC#Cc5ccc6occ(C7CCC(=O)NC7=O)c6c5)nc4)ncc32)cc2c1n(C)c(=O)n2C. The molecule has 0 bridgehead atoms. The molecule has 1 aromatic carbocycles. The molecule has 1 saturated heterocycles. The number of rotatable bonds is 6. The summed E-state index contributed by atoms with van der Waals surface area (Å²) in [5.74, 6) is 5.96. The molecule has 2 aliphatic heterocycles. The summed E-state index contributed by atoms with van der Waals surface area (Å²) in [7, 11) is 3.56. The highest BCUT2D eigenvalue weighted by molar-refractivity contribution is 6.02. The smallest absolute Gasteiger partial charge is 0.328 e. The summed E-state index contributed by atoms with van der Waals surface area (Å²) < 4.78 is 8.97. The standard InChI is InChI=1S/C40H37N9O5/c1-22(2)35-36-30(47(3)40(53)48(36)4)18-33(45-35)49-16-6-8-28-31(49)20-43-37(44-28)24-10-12-29(42-19-24)39(52)41-15-5-7-23-9-13-32-26(17-23)27(21-54-32)25-11-14-34(50)46-38(25)51/h9-10,12-13,17-22,25H,6,8,11,14-16H2,1-4H3,(H,41,52)(H,46,50,51). The van der Waals surface area contributed by atoms with E-state index in [2.05, 4.69) is 51.2 Å². The van der Waals surface area contributed by atoms with E-state index in [1.807, 2.05) is 18.2 Å². The zero-order valence-electron chi connectivity index (χ0n) is 30.3. The predicted molar refractivity (Wildman–Crippen MR) is 201 cm³/mol. The van der Waals surface area contributed by atoms with E-state index in [-0.39, 0.29) is 48.0 Å². The summed E-state index contributed by atoms with van der Waals surface area (Å²) in [4.78, 5) is 70.8. The number of carbonyl (C=O) groups is 3. The fourth-order valence-corrected chi connectivity index (χ4v) is 7.23. The Labute approximate surface area is 309 Å². The van der Waals surface area contributed by atoms with Crippen molar-refractivity contribution in [2.45, 2.75) is 51.4 Å². The summed E-state index contributed by atoms with van der Waals surface area (Å²) in [6.45, 7) is 4.99. The zero-order valence-corrected chi connectivity index (χ0v) is 30.3. The number of piperidine rings is 1. The molecule has 3 amide bonds. The molecule has 1 unspecified atom stereocenters. The second kappa shape index (κ2) is 13.7. The van der Waals surface area contributed by atoms with Crippen LogP contribution < -0.4 is 21.2 Å². The van der Waals surface area contributed by atoms with Gasteiger partial charge in [0.05, 0.1) is 53.0 Å². The minimum absolute atomic E-state index is 0.0898. The van der Waals surface area contributed by atoms with Gasteiger partial charge in [-0.3, -0.25) is 33.8 Å². The summed E-state index contributed by atoms with van der Waals surface area (Å²) in [5.41, 5.74) is 7.16. The fraction of sp³-hybridized carbons (Fsp3) is 0.300. The molecule has 7 heterocycles. The lowest BCUT2D eigenvalue weighted by Crippen LogP contribution is -2.39. The Morgan fingerprint density at radius 3 is 2.67 bits per heavy atom. The number of fused-ring (bicyclic) bond motifs is 3. The van der Waals surface area contributed by atoms with Crippen LogP contribution in [0.4, 0.5) is 11.5 Å². The molecular weight excluding hydrogens is 686 g/mol. The molecule has 14 heteroatoms. The van der Waals surface area contributed by atoms with Crippen molar-refractivity contribution >= 4 is 51.2 Å². The van der Waals surface area contributed by atoms with E-state index in [0.29, 0.717) is 29.0 Å². The van der Waals surface area contributed by atoms with Crippen LogP contribution in [-0.2, 0) is 30.1 Å². The molecular formula is C40H37N9O5. The van der Waals surface area contributed by atoms with E-state index < -0.39 is 5.92 Å². The summed E-state index contributed by atoms with van der Waals surface area (Å²) >= 11 is 0. The molecule has 6 aromatic rings. The number of imidazole rings is 1. The monoisotopic (exact) mass is 723 g/mol. The topological polar surface area (TPSA) is 170 Å². The maximum atomic E-state index is 12.9. The number of anilines is 2. The molecule has 2 N–H and O–H groups in total. The molecule has 0 spiro atoms. The molecule has 2 aliphatic rings. The predicted octanol–water partition coefficient (Wildman–Crippen LogP) is 4.38. The number of nitrogens with one attached hydrogen (secondary N) is 2.